The highest BCUT2D eigenvalue weighted by Gasteiger charge is 2.37. The molecule has 2 aromatic carbocycles. The molecule has 1 aliphatic heterocycles. The van der Waals surface area contributed by atoms with Crippen LogP contribution in [0.25, 0.3) is 0 Å². The van der Waals surface area contributed by atoms with Crippen molar-refractivity contribution < 1.29 is 22.8 Å². The minimum absolute atomic E-state index is 0.140. The van der Waals surface area contributed by atoms with E-state index in [4.69, 9.17) is 5.73 Å². The molecule has 0 bridgehead atoms. The monoisotopic (exact) mass is 391 g/mol. The van der Waals surface area contributed by atoms with Crippen LogP contribution in [0.1, 0.15) is 35.1 Å². The first kappa shape index (κ1) is 19.7. The van der Waals surface area contributed by atoms with Gasteiger partial charge in [0, 0.05) is 19.4 Å². The number of urea groups is 1. The summed E-state index contributed by atoms with van der Waals surface area (Å²) in [5, 5.41) is 2.41. The number of nitrogens with zero attached hydrogens (tertiary/aromatic N) is 1. The van der Waals surface area contributed by atoms with E-state index >= 15 is 0 Å². The van der Waals surface area contributed by atoms with E-state index in [1.54, 1.807) is 38.2 Å². The number of benzene rings is 2. The lowest BCUT2D eigenvalue weighted by Crippen LogP contribution is -2.53. The van der Waals surface area contributed by atoms with Gasteiger partial charge in [0.15, 0.2) is 0 Å². The second kappa shape index (κ2) is 7.18. The van der Waals surface area contributed by atoms with Crippen molar-refractivity contribution in [1.29, 1.82) is 0 Å². The molecule has 0 aromatic heterocycles. The fourth-order valence-electron chi connectivity index (χ4n) is 3.77. The molecule has 1 unspecified atom stereocenters. The Labute approximate surface area is 160 Å². The van der Waals surface area contributed by atoms with E-state index in [9.17, 15) is 22.8 Å². The van der Waals surface area contributed by atoms with E-state index in [2.05, 4.69) is 5.32 Å². The molecule has 1 aliphatic rings. The number of anilines is 1. The summed E-state index contributed by atoms with van der Waals surface area (Å²) in [6.45, 7) is 1.69. The number of carbonyl (C=O) groups excluding carboxylic acids is 2. The highest BCUT2D eigenvalue weighted by atomic mass is 19.4. The van der Waals surface area contributed by atoms with Gasteiger partial charge in [-0.1, -0.05) is 43.3 Å². The van der Waals surface area contributed by atoms with Crippen molar-refractivity contribution in [2.24, 2.45) is 5.73 Å². The number of fused-ring (bicyclic) bond motifs is 1. The second-order valence-corrected chi connectivity index (χ2v) is 6.82. The third-order valence-electron chi connectivity index (χ3n) is 5.05. The van der Waals surface area contributed by atoms with Gasteiger partial charge < -0.3 is 16.0 Å². The molecule has 2 atom stereocenters. The maximum absolute atomic E-state index is 13.5. The van der Waals surface area contributed by atoms with Gasteiger partial charge in [-0.05, 0) is 22.8 Å². The third kappa shape index (κ3) is 3.54. The molecule has 0 saturated heterocycles. The lowest BCUT2D eigenvalue weighted by Gasteiger charge is -2.34. The van der Waals surface area contributed by atoms with Crippen LogP contribution in [0.4, 0.5) is 23.7 Å². The Morgan fingerprint density at radius 2 is 1.82 bits per heavy atom. The van der Waals surface area contributed by atoms with E-state index in [0.717, 1.165) is 11.6 Å². The molecule has 8 heteroatoms. The molecule has 0 aliphatic carbocycles. The maximum Gasteiger partial charge on any atom is 0.416 e. The highest BCUT2D eigenvalue weighted by Crippen LogP contribution is 2.41. The first-order valence-electron chi connectivity index (χ1n) is 8.72. The summed E-state index contributed by atoms with van der Waals surface area (Å²) in [6, 6.07) is 9.08. The summed E-state index contributed by atoms with van der Waals surface area (Å²) in [6.07, 6.45) is -4.25. The predicted octanol–water partition coefficient (Wildman–Crippen LogP) is 3.41. The van der Waals surface area contributed by atoms with Crippen molar-refractivity contribution in [2.75, 3.05) is 11.9 Å². The van der Waals surface area contributed by atoms with E-state index < -0.39 is 29.7 Å². The van der Waals surface area contributed by atoms with Crippen molar-refractivity contribution in [3.05, 3.63) is 64.7 Å². The molecule has 1 heterocycles. The van der Waals surface area contributed by atoms with Gasteiger partial charge in [-0.3, -0.25) is 4.79 Å². The van der Waals surface area contributed by atoms with Crippen LogP contribution < -0.4 is 16.0 Å². The number of halogens is 3. The maximum atomic E-state index is 13.5. The smallest absolute Gasteiger partial charge is 0.352 e. The zero-order valence-corrected chi connectivity index (χ0v) is 15.4. The van der Waals surface area contributed by atoms with E-state index in [0.29, 0.717) is 11.3 Å². The second-order valence-electron chi connectivity index (χ2n) is 6.82. The molecule has 2 aromatic rings. The minimum Gasteiger partial charge on any atom is -0.352 e. The Balaban J connectivity index is 2.08. The molecule has 0 radical (unpaired) electrons. The number of nitrogens with two attached hydrogens (primary N) is 1. The zero-order chi connectivity index (χ0) is 20.6. The summed E-state index contributed by atoms with van der Waals surface area (Å²) >= 11 is 0. The van der Waals surface area contributed by atoms with E-state index in [-0.39, 0.29) is 17.9 Å². The predicted molar refractivity (Wildman–Crippen MR) is 99.0 cm³/mol. The molecule has 5 nitrogen and oxygen atoms in total. The standard InChI is InChI=1S/C20H20F3N3O2/c1-11(13-7-3-4-9-15(13)20(21,22)23)14-8-5-6-12-10-16(25-19(24)28)18(27)26(2)17(12)14/h3-9,11,16H,10H2,1-2H3,(H3,24,25,28)/t11?,16-/m1/s1. The number of hydrogen-bond donors (Lipinski definition) is 2. The van der Waals surface area contributed by atoms with Gasteiger partial charge in [-0.25, -0.2) is 4.79 Å². The summed E-state index contributed by atoms with van der Waals surface area (Å²) in [5.74, 6) is -0.960. The molecule has 3 N–H and O–H groups in total. The van der Waals surface area contributed by atoms with Crippen LogP contribution in [0.15, 0.2) is 42.5 Å². The molecular weight excluding hydrogens is 371 g/mol. The van der Waals surface area contributed by atoms with Crippen LogP contribution in [-0.2, 0) is 17.4 Å². The molecule has 3 rings (SSSR count). The van der Waals surface area contributed by atoms with E-state index in [1.165, 1.54) is 17.0 Å². The summed E-state index contributed by atoms with van der Waals surface area (Å²) in [7, 11) is 1.54. The van der Waals surface area contributed by atoms with Crippen LogP contribution >= 0.6 is 0 Å². The lowest BCUT2D eigenvalue weighted by atomic mass is 9.84. The van der Waals surface area contributed by atoms with Crippen molar-refractivity contribution in [3.8, 4) is 0 Å². The summed E-state index contributed by atoms with van der Waals surface area (Å²) < 4.78 is 40.4. The Hall–Kier alpha value is -3.03. The Bertz CT molecular complexity index is 927. The number of carbonyl (C=O) groups is 2. The van der Waals surface area contributed by atoms with Gasteiger partial charge in [-0.2, -0.15) is 13.2 Å². The minimum atomic E-state index is -4.47. The average Bonchev–Trinajstić information content (AvgIpc) is 2.63. The van der Waals surface area contributed by atoms with Crippen molar-refractivity contribution >= 4 is 17.6 Å². The topological polar surface area (TPSA) is 75.4 Å². The van der Waals surface area contributed by atoms with Gasteiger partial charge in [0.25, 0.3) is 0 Å². The van der Waals surface area contributed by atoms with Crippen LogP contribution in [0.5, 0.6) is 0 Å². The van der Waals surface area contributed by atoms with E-state index in [1.807, 2.05) is 0 Å². The van der Waals surface area contributed by atoms with Crippen LogP contribution in [0.3, 0.4) is 0 Å². The van der Waals surface area contributed by atoms with Crippen molar-refractivity contribution in [2.45, 2.75) is 31.5 Å². The van der Waals surface area contributed by atoms with Gasteiger partial charge in [0.2, 0.25) is 5.91 Å². The van der Waals surface area contributed by atoms with Gasteiger partial charge >= 0.3 is 12.2 Å². The Morgan fingerprint density at radius 3 is 2.46 bits per heavy atom. The number of nitrogens with one attached hydrogen (secondary N) is 1. The number of likely N-dealkylation sites (N-methyl/N-ethyl adjacent to an activating group) is 1. The van der Waals surface area contributed by atoms with Crippen LogP contribution in [0, 0.1) is 0 Å². The number of rotatable bonds is 3. The lowest BCUT2D eigenvalue weighted by molar-refractivity contribution is -0.138. The van der Waals surface area contributed by atoms with Gasteiger partial charge in [-0.15, -0.1) is 0 Å². The van der Waals surface area contributed by atoms with Crippen molar-refractivity contribution in [1.82, 2.24) is 5.32 Å². The third-order valence-corrected chi connectivity index (χ3v) is 5.05. The zero-order valence-electron chi connectivity index (χ0n) is 15.4. The normalized spacial score (nSPS) is 17.8. The highest BCUT2D eigenvalue weighted by molar-refractivity contribution is 6.02. The molecule has 3 amide bonds. The fourth-order valence-corrected chi connectivity index (χ4v) is 3.77. The summed E-state index contributed by atoms with van der Waals surface area (Å²) in [5.41, 5.74) is 6.52. The number of primary amides is 1. The average molecular weight is 391 g/mol. The molecule has 28 heavy (non-hydrogen) atoms. The van der Waals surface area contributed by atoms with Crippen LogP contribution in [0.2, 0.25) is 0 Å². The molecular formula is C20H20F3N3O2. The first-order chi connectivity index (χ1) is 13.1. The number of alkyl halides is 3. The number of amides is 3. The molecule has 148 valence electrons. The Kier molecular flexibility index (Phi) is 5.06. The van der Waals surface area contributed by atoms with Crippen molar-refractivity contribution in [3.63, 3.8) is 0 Å². The van der Waals surface area contributed by atoms with Gasteiger partial charge in [0.05, 0.1) is 11.3 Å². The van der Waals surface area contributed by atoms with Gasteiger partial charge in [0.1, 0.15) is 6.04 Å². The molecule has 0 saturated carbocycles. The SMILES string of the molecule is CC(c1ccccc1C(F)(F)F)c1cccc2c1N(C)C(=O)[C@H](NC(N)=O)C2. The Morgan fingerprint density at radius 1 is 1.18 bits per heavy atom. The summed E-state index contributed by atoms with van der Waals surface area (Å²) in [4.78, 5) is 25.2. The number of para-hydroxylation sites is 1. The first-order valence-corrected chi connectivity index (χ1v) is 8.72. The quantitative estimate of drug-likeness (QED) is 0.841. The molecule has 0 spiro atoms. The molecule has 0 fully saturated rings. The fraction of sp³-hybridized carbons (Fsp3) is 0.300. The largest absolute Gasteiger partial charge is 0.416 e. The number of hydrogen-bond acceptors (Lipinski definition) is 2. The van der Waals surface area contributed by atoms with Crippen LogP contribution in [-0.4, -0.2) is 25.0 Å².